The second-order valence-corrected chi connectivity index (χ2v) is 4.18. The first kappa shape index (κ1) is 7.55. The monoisotopic (exact) mass is 192 g/mol. The minimum absolute atomic E-state index is 0.318. The van der Waals surface area contributed by atoms with E-state index in [-0.39, 0.29) is 0 Å². The largest absolute Gasteiger partial charge is 0.389 e. The standard InChI is InChI=1S/C7H13BrO/c1-7(9)5-3-2-4-6(7)8/h6,9H,2-5H2,1H3/t6-,7-/m0/s1. The molecule has 1 aliphatic rings. The highest BCUT2D eigenvalue weighted by Crippen LogP contribution is 2.32. The van der Waals surface area contributed by atoms with Crippen LogP contribution in [0, 0.1) is 0 Å². The molecule has 0 aromatic carbocycles. The van der Waals surface area contributed by atoms with Gasteiger partial charge in [0.25, 0.3) is 0 Å². The fourth-order valence-corrected chi connectivity index (χ4v) is 1.83. The van der Waals surface area contributed by atoms with Crippen molar-refractivity contribution in [1.29, 1.82) is 0 Å². The van der Waals surface area contributed by atoms with Gasteiger partial charge >= 0.3 is 0 Å². The molecule has 0 aliphatic heterocycles. The predicted molar refractivity (Wildman–Crippen MR) is 41.8 cm³/mol. The zero-order valence-electron chi connectivity index (χ0n) is 5.73. The Bertz CT molecular complexity index is 101. The topological polar surface area (TPSA) is 20.2 Å². The van der Waals surface area contributed by atoms with Gasteiger partial charge in [0.2, 0.25) is 0 Å². The summed E-state index contributed by atoms with van der Waals surface area (Å²) >= 11 is 3.46. The average molecular weight is 193 g/mol. The second-order valence-electron chi connectivity index (χ2n) is 3.07. The van der Waals surface area contributed by atoms with E-state index >= 15 is 0 Å². The van der Waals surface area contributed by atoms with Crippen molar-refractivity contribution in [2.75, 3.05) is 0 Å². The van der Waals surface area contributed by atoms with Crippen LogP contribution in [-0.4, -0.2) is 15.5 Å². The minimum atomic E-state index is -0.446. The highest BCUT2D eigenvalue weighted by molar-refractivity contribution is 9.09. The predicted octanol–water partition coefficient (Wildman–Crippen LogP) is 2.07. The maximum absolute atomic E-state index is 9.60. The van der Waals surface area contributed by atoms with Crippen molar-refractivity contribution in [3.05, 3.63) is 0 Å². The third-order valence-corrected chi connectivity index (χ3v) is 3.51. The van der Waals surface area contributed by atoms with E-state index in [1.165, 1.54) is 12.8 Å². The van der Waals surface area contributed by atoms with E-state index in [1.54, 1.807) is 0 Å². The molecule has 1 N–H and O–H groups in total. The van der Waals surface area contributed by atoms with Gasteiger partial charge in [-0.2, -0.15) is 0 Å². The first-order valence-electron chi connectivity index (χ1n) is 3.49. The van der Waals surface area contributed by atoms with Crippen molar-refractivity contribution >= 4 is 15.9 Å². The first-order chi connectivity index (χ1) is 4.13. The van der Waals surface area contributed by atoms with Gasteiger partial charge in [0.15, 0.2) is 0 Å². The Morgan fingerprint density at radius 1 is 1.56 bits per heavy atom. The molecule has 1 fully saturated rings. The summed E-state index contributed by atoms with van der Waals surface area (Å²) in [4.78, 5) is 0.318. The van der Waals surface area contributed by atoms with Crippen LogP contribution in [0.1, 0.15) is 32.6 Å². The molecule has 0 bridgehead atoms. The molecule has 1 rings (SSSR count). The number of hydrogen-bond acceptors (Lipinski definition) is 1. The molecular weight excluding hydrogens is 180 g/mol. The van der Waals surface area contributed by atoms with Crippen LogP contribution in [0.4, 0.5) is 0 Å². The van der Waals surface area contributed by atoms with Gasteiger partial charge < -0.3 is 5.11 Å². The van der Waals surface area contributed by atoms with Crippen LogP contribution in [0.25, 0.3) is 0 Å². The van der Waals surface area contributed by atoms with E-state index in [0.717, 1.165) is 12.8 Å². The lowest BCUT2D eigenvalue weighted by Gasteiger charge is -2.33. The quantitative estimate of drug-likeness (QED) is 0.584. The second kappa shape index (κ2) is 2.59. The van der Waals surface area contributed by atoms with Gasteiger partial charge in [-0.1, -0.05) is 28.8 Å². The number of hydrogen-bond donors (Lipinski definition) is 1. The lowest BCUT2D eigenvalue weighted by atomic mass is 9.87. The molecule has 0 spiro atoms. The fraction of sp³-hybridized carbons (Fsp3) is 1.00. The zero-order valence-corrected chi connectivity index (χ0v) is 7.32. The van der Waals surface area contributed by atoms with Gasteiger partial charge in [-0.05, 0) is 19.8 Å². The molecule has 0 amide bonds. The lowest BCUT2D eigenvalue weighted by molar-refractivity contribution is 0.0312. The first-order valence-corrected chi connectivity index (χ1v) is 4.41. The summed E-state index contributed by atoms with van der Waals surface area (Å²) in [6.07, 6.45) is 4.50. The van der Waals surface area contributed by atoms with Gasteiger partial charge in [-0.3, -0.25) is 0 Å². The van der Waals surface area contributed by atoms with Crippen molar-refractivity contribution in [2.45, 2.75) is 43.0 Å². The van der Waals surface area contributed by atoms with Gasteiger partial charge in [-0.15, -0.1) is 0 Å². The van der Waals surface area contributed by atoms with Gasteiger partial charge in [0.05, 0.1) is 5.60 Å². The van der Waals surface area contributed by atoms with Crippen molar-refractivity contribution in [3.8, 4) is 0 Å². The van der Waals surface area contributed by atoms with Gasteiger partial charge in [-0.25, -0.2) is 0 Å². The van der Waals surface area contributed by atoms with Crippen LogP contribution < -0.4 is 0 Å². The molecule has 0 saturated heterocycles. The molecule has 9 heavy (non-hydrogen) atoms. The van der Waals surface area contributed by atoms with E-state index in [9.17, 15) is 5.11 Å². The Labute approximate surface area is 64.6 Å². The highest BCUT2D eigenvalue weighted by Gasteiger charge is 2.31. The van der Waals surface area contributed by atoms with Crippen LogP contribution in [0.2, 0.25) is 0 Å². The van der Waals surface area contributed by atoms with Crippen molar-refractivity contribution in [1.82, 2.24) is 0 Å². The molecule has 2 heteroatoms. The van der Waals surface area contributed by atoms with E-state index in [2.05, 4.69) is 15.9 Å². The van der Waals surface area contributed by atoms with Crippen LogP contribution in [0.15, 0.2) is 0 Å². The zero-order chi connectivity index (χ0) is 6.91. The summed E-state index contributed by atoms with van der Waals surface area (Å²) < 4.78 is 0. The Kier molecular flexibility index (Phi) is 2.17. The van der Waals surface area contributed by atoms with Crippen LogP contribution in [0.5, 0.6) is 0 Å². The number of halogens is 1. The molecule has 2 atom stereocenters. The smallest absolute Gasteiger partial charge is 0.0744 e. The molecule has 54 valence electrons. The minimum Gasteiger partial charge on any atom is -0.389 e. The fourth-order valence-electron chi connectivity index (χ4n) is 1.27. The summed E-state index contributed by atoms with van der Waals surface area (Å²) in [7, 11) is 0. The van der Waals surface area contributed by atoms with E-state index in [0.29, 0.717) is 4.83 Å². The maximum Gasteiger partial charge on any atom is 0.0744 e. The molecule has 0 radical (unpaired) electrons. The van der Waals surface area contributed by atoms with Crippen molar-refractivity contribution < 1.29 is 5.11 Å². The molecule has 0 aromatic rings. The Morgan fingerprint density at radius 3 is 2.56 bits per heavy atom. The number of alkyl halides is 1. The Balaban J connectivity index is 2.49. The van der Waals surface area contributed by atoms with Gasteiger partial charge in [0, 0.05) is 4.83 Å². The van der Waals surface area contributed by atoms with E-state index < -0.39 is 5.60 Å². The third-order valence-electron chi connectivity index (χ3n) is 2.07. The molecule has 1 aliphatic carbocycles. The Hall–Kier alpha value is 0.440. The SMILES string of the molecule is C[C@]1(O)CCCC[C@@H]1Br. The van der Waals surface area contributed by atoms with E-state index in [4.69, 9.17) is 0 Å². The number of rotatable bonds is 0. The summed E-state index contributed by atoms with van der Waals surface area (Å²) in [5.41, 5.74) is -0.446. The number of aliphatic hydroxyl groups is 1. The maximum atomic E-state index is 9.60. The molecule has 0 unspecified atom stereocenters. The van der Waals surface area contributed by atoms with E-state index in [1.807, 2.05) is 6.92 Å². The molecule has 0 heterocycles. The average Bonchev–Trinajstić information content (AvgIpc) is 1.77. The summed E-state index contributed by atoms with van der Waals surface area (Å²) in [6, 6.07) is 0. The highest BCUT2D eigenvalue weighted by atomic mass is 79.9. The van der Waals surface area contributed by atoms with Crippen LogP contribution in [0.3, 0.4) is 0 Å². The molecule has 0 aromatic heterocycles. The lowest BCUT2D eigenvalue weighted by Crippen LogP contribution is -2.37. The summed E-state index contributed by atoms with van der Waals surface area (Å²) in [5.74, 6) is 0. The third kappa shape index (κ3) is 1.68. The molecular formula is C7H13BrO. The van der Waals surface area contributed by atoms with Gasteiger partial charge in [0.1, 0.15) is 0 Å². The summed E-state index contributed by atoms with van der Waals surface area (Å²) in [6.45, 7) is 1.91. The molecule has 1 nitrogen and oxygen atoms in total. The van der Waals surface area contributed by atoms with Crippen molar-refractivity contribution in [2.24, 2.45) is 0 Å². The molecule has 1 saturated carbocycles. The normalized spacial score (nSPS) is 45.0. The summed E-state index contributed by atoms with van der Waals surface area (Å²) in [5, 5.41) is 9.60. The van der Waals surface area contributed by atoms with Crippen LogP contribution >= 0.6 is 15.9 Å². The van der Waals surface area contributed by atoms with Crippen LogP contribution in [-0.2, 0) is 0 Å². The Morgan fingerprint density at radius 2 is 2.22 bits per heavy atom. The van der Waals surface area contributed by atoms with Crippen molar-refractivity contribution in [3.63, 3.8) is 0 Å².